The van der Waals surface area contributed by atoms with Crippen LogP contribution in [-0.4, -0.2) is 30.3 Å². The van der Waals surface area contributed by atoms with Crippen molar-refractivity contribution >= 4 is 5.69 Å². The van der Waals surface area contributed by atoms with Gasteiger partial charge in [-0.1, -0.05) is 0 Å². The molecule has 1 atom stereocenters. The monoisotopic (exact) mass is 280 g/mol. The molecule has 0 amide bonds. The van der Waals surface area contributed by atoms with Gasteiger partial charge in [0.05, 0.1) is 16.7 Å². The first-order valence-electron chi connectivity index (χ1n) is 7.03. The van der Waals surface area contributed by atoms with Gasteiger partial charge in [0.2, 0.25) is 0 Å². The molecule has 0 saturated carbocycles. The molecule has 0 bridgehead atoms. The molecular formula is C16H25FN2O. The van der Waals surface area contributed by atoms with Gasteiger partial charge in [-0.15, -0.1) is 0 Å². The molecule has 1 aliphatic rings. The fourth-order valence-electron chi connectivity index (χ4n) is 3.63. The van der Waals surface area contributed by atoms with Crippen molar-refractivity contribution in [2.75, 3.05) is 18.5 Å². The maximum atomic E-state index is 13.1. The molecule has 0 radical (unpaired) electrons. The Bertz CT molecular complexity index is 484. The number of hydrogen-bond donors (Lipinski definition) is 1. The summed E-state index contributed by atoms with van der Waals surface area (Å²) in [4.78, 5) is 2.14. The first-order valence-corrected chi connectivity index (χ1v) is 7.03. The summed E-state index contributed by atoms with van der Waals surface area (Å²) in [6.07, 6.45) is 0.831. The van der Waals surface area contributed by atoms with Crippen LogP contribution in [0.4, 0.5) is 10.1 Å². The Balaban J connectivity index is 2.43. The summed E-state index contributed by atoms with van der Waals surface area (Å²) in [7, 11) is 2.01. The van der Waals surface area contributed by atoms with E-state index in [2.05, 4.69) is 32.6 Å². The average Bonchev–Trinajstić information content (AvgIpc) is 2.54. The number of likely N-dealkylation sites (N-methyl/N-ethyl adjacent to an activating group) is 1. The highest BCUT2D eigenvalue weighted by molar-refractivity contribution is 5.50. The fraction of sp³-hybridized carbons (Fsp3) is 0.625. The maximum Gasteiger partial charge on any atom is 0.123 e. The molecule has 1 fully saturated rings. The zero-order valence-electron chi connectivity index (χ0n) is 13.0. The third-order valence-corrected chi connectivity index (χ3v) is 4.56. The molecule has 1 aromatic carbocycles. The SMILES string of the molecule is CN(c1ccc(F)cc1)C1(CN)CC(C)(C)OC1(C)C. The van der Waals surface area contributed by atoms with Crippen LogP contribution in [0.2, 0.25) is 0 Å². The number of nitrogens with two attached hydrogens (primary N) is 1. The summed E-state index contributed by atoms with van der Waals surface area (Å²) >= 11 is 0. The van der Waals surface area contributed by atoms with E-state index in [0.29, 0.717) is 6.54 Å². The van der Waals surface area contributed by atoms with Crippen LogP contribution in [0.3, 0.4) is 0 Å². The van der Waals surface area contributed by atoms with Gasteiger partial charge in [-0.05, 0) is 52.0 Å². The predicted molar refractivity (Wildman–Crippen MR) is 80.4 cm³/mol. The van der Waals surface area contributed by atoms with Gasteiger partial charge in [-0.2, -0.15) is 0 Å². The van der Waals surface area contributed by atoms with Crippen LogP contribution >= 0.6 is 0 Å². The molecule has 2 rings (SSSR count). The Hall–Kier alpha value is -1.13. The van der Waals surface area contributed by atoms with Crippen molar-refractivity contribution in [2.24, 2.45) is 5.73 Å². The number of hydrogen-bond acceptors (Lipinski definition) is 3. The van der Waals surface area contributed by atoms with Crippen molar-refractivity contribution in [3.8, 4) is 0 Å². The molecule has 1 saturated heterocycles. The van der Waals surface area contributed by atoms with Crippen LogP contribution in [0.15, 0.2) is 24.3 Å². The Kier molecular flexibility index (Phi) is 3.59. The van der Waals surface area contributed by atoms with Crippen LogP contribution in [0.25, 0.3) is 0 Å². The van der Waals surface area contributed by atoms with E-state index in [0.717, 1.165) is 12.1 Å². The quantitative estimate of drug-likeness (QED) is 0.925. The Morgan fingerprint density at radius 2 is 1.75 bits per heavy atom. The van der Waals surface area contributed by atoms with Crippen molar-refractivity contribution in [1.29, 1.82) is 0 Å². The molecule has 112 valence electrons. The zero-order chi connectivity index (χ0) is 15.2. The van der Waals surface area contributed by atoms with Gasteiger partial charge in [-0.25, -0.2) is 4.39 Å². The number of nitrogens with zero attached hydrogens (tertiary/aromatic N) is 1. The van der Waals surface area contributed by atoms with Crippen molar-refractivity contribution in [3.63, 3.8) is 0 Å². The molecule has 1 aliphatic heterocycles. The van der Waals surface area contributed by atoms with E-state index in [9.17, 15) is 4.39 Å². The second-order valence-electron chi connectivity index (χ2n) is 6.82. The van der Waals surface area contributed by atoms with Gasteiger partial charge in [0, 0.05) is 25.7 Å². The third kappa shape index (κ3) is 2.31. The summed E-state index contributed by atoms with van der Waals surface area (Å²) in [6.45, 7) is 8.82. The lowest BCUT2D eigenvalue weighted by atomic mass is 9.77. The summed E-state index contributed by atoms with van der Waals surface area (Å²) < 4.78 is 19.3. The minimum atomic E-state index is -0.381. The second kappa shape index (κ2) is 4.71. The molecule has 20 heavy (non-hydrogen) atoms. The van der Waals surface area contributed by atoms with Gasteiger partial charge in [-0.3, -0.25) is 0 Å². The van der Waals surface area contributed by atoms with Crippen LogP contribution in [0, 0.1) is 5.82 Å². The molecule has 1 unspecified atom stereocenters. The maximum absolute atomic E-state index is 13.1. The number of benzene rings is 1. The molecular weight excluding hydrogens is 255 g/mol. The molecule has 3 nitrogen and oxygen atoms in total. The van der Waals surface area contributed by atoms with E-state index in [-0.39, 0.29) is 22.6 Å². The number of ether oxygens (including phenoxy) is 1. The standard InChI is InChI=1S/C16H25FN2O/c1-14(2)10-16(11-18,15(3,4)20-14)19(5)13-8-6-12(17)7-9-13/h6-9H,10-11,18H2,1-5H3. The first-order chi connectivity index (χ1) is 9.13. The van der Waals surface area contributed by atoms with E-state index in [1.807, 2.05) is 7.05 Å². The Morgan fingerprint density at radius 1 is 1.20 bits per heavy atom. The van der Waals surface area contributed by atoms with Gasteiger partial charge in [0.15, 0.2) is 0 Å². The highest BCUT2D eigenvalue weighted by Crippen LogP contribution is 2.48. The topological polar surface area (TPSA) is 38.5 Å². The highest BCUT2D eigenvalue weighted by Gasteiger charge is 2.58. The highest BCUT2D eigenvalue weighted by atomic mass is 19.1. The van der Waals surface area contributed by atoms with Crippen LogP contribution in [0.5, 0.6) is 0 Å². The van der Waals surface area contributed by atoms with Gasteiger partial charge < -0.3 is 15.4 Å². The third-order valence-electron chi connectivity index (χ3n) is 4.56. The zero-order valence-corrected chi connectivity index (χ0v) is 13.0. The number of anilines is 1. The smallest absolute Gasteiger partial charge is 0.123 e. The Morgan fingerprint density at radius 3 is 2.15 bits per heavy atom. The van der Waals surface area contributed by atoms with Gasteiger partial charge >= 0.3 is 0 Å². The predicted octanol–water partition coefficient (Wildman–Crippen LogP) is 2.94. The van der Waals surface area contributed by atoms with Crippen LogP contribution in [0.1, 0.15) is 34.1 Å². The lowest BCUT2D eigenvalue weighted by Crippen LogP contribution is -2.62. The molecule has 1 aromatic rings. The van der Waals surface area contributed by atoms with Crippen molar-refractivity contribution in [3.05, 3.63) is 30.1 Å². The summed E-state index contributed by atoms with van der Waals surface area (Å²) in [6, 6.07) is 6.52. The molecule has 0 aromatic heterocycles. The molecule has 0 aliphatic carbocycles. The van der Waals surface area contributed by atoms with Crippen molar-refractivity contribution in [1.82, 2.24) is 0 Å². The molecule has 0 spiro atoms. The van der Waals surface area contributed by atoms with E-state index in [4.69, 9.17) is 10.5 Å². The van der Waals surface area contributed by atoms with Crippen LogP contribution < -0.4 is 10.6 Å². The summed E-state index contributed by atoms with van der Waals surface area (Å²) in [5.41, 5.74) is 6.17. The molecule has 1 heterocycles. The number of rotatable bonds is 3. The lowest BCUT2D eigenvalue weighted by Gasteiger charge is -2.47. The minimum absolute atomic E-state index is 0.225. The van der Waals surface area contributed by atoms with Crippen molar-refractivity contribution < 1.29 is 9.13 Å². The lowest BCUT2D eigenvalue weighted by molar-refractivity contribution is -0.0779. The van der Waals surface area contributed by atoms with Crippen molar-refractivity contribution in [2.45, 2.75) is 50.9 Å². The van der Waals surface area contributed by atoms with Crippen LogP contribution in [-0.2, 0) is 4.74 Å². The largest absolute Gasteiger partial charge is 0.367 e. The summed E-state index contributed by atoms with van der Waals surface area (Å²) in [5.74, 6) is -0.230. The fourth-order valence-corrected chi connectivity index (χ4v) is 3.63. The molecule has 2 N–H and O–H groups in total. The van der Waals surface area contributed by atoms with E-state index >= 15 is 0 Å². The second-order valence-corrected chi connectivity index (χ2v) is 6.82. The summed E-state index contributed by atoms with van der Waals surface area (Å²) in [5, 5.41) is 0. The van der Waals surface area contributed by atoms with Gasteiger partial charge in [0.1, 0.15) is 5.82 Å². The van der Waals surface area contributed by atoms with E-state index in [1.54, 1.807) is 12.1 Å². The Labute approximate surface area is 120 Å². The van der Waals surface area contributed by atoms with E-state index in [1.165, 1.54) is 12.1 Å². The average molecular weight is 280 g/mol. The number of halogens is 1. The van der Waals surface area contributed by atoms with E-state index < -0.39 is 0 Å². The minimum Gasteiger partial charge on any atom is -0.367 e. The van der Waals surface area contributed by atoms with Gasteiger partial charge in [0.25, 0.3) is 0 Å². The molecule has 4 heteroatoms. The first kappa shape index (κ1) is 15.3. The normalized spacial score (nSPS) is 27.6.